The van der Waals surface area contributed by atoms with Gasteiger partial charge < -0.3 is 14.6 Å². The second-order valence-corrected chi connectivity index (χ2v) is 7.73. The van der Waals surface area contributed by atoms with Crippen LogP contribution in [0.4, 0.5) is 0 Å². The summed E-state index contributed by atoms with van der Waals surface area (Å²) < 4.78 is 7.52. The Balaban J connectivity index is 1.94. The predicted molar refractivity (Wildman–Crippen MR) is 113 cm³/mol. The average Bonchev–Trinajstić information content (AvgIpc) is 3.20. The molecule has 4 rings (SSSR count). The minimum absolute atomic E-state index is 0.0461. The van der Waals surface area contributed by atoms with Gasteiger partial charge >= 0.3 is 0 Å². The smallest absolute Gasteiger partial charge is 0.274 e. The number of methoxy groups -OCH3 is 1. The van der Waals surface area contributed by atoms with Crippen molar-refractivity contribution in [2.75, 3.05) is 20.2 Å². The summed E-state index contributed by atoms with van der Waals surface area (Å²) in [5, 5.41) is 0. The third-order valence-electron chi connectivity index (χ3n) is 6.05. The lowest BCUT2D eigenvalue weighted by Crippen LogP contribution is -2.35. The van der Waals surface area contributed by atoms with Crippen molar-refractivity contribution in [3.63, 3.8) is 0 Å². The van der Waals surface area contributed by atoms with Crippen LogP contribution in [-0.4, -0.2) is 45.4 Å². The molecule has 2 aromatic heterocycles. The fourth-order valence-corrected chi connectivity index (χ4v) is 4.37. The number of carbonyl (C=O) groups excluding carboxylic acids is 1. The predicted octanol–water partition coefficient (Wildman–Crippen LogP) is 3.71. The SMILES string of the molecule is CCC(CC)c1ncc2c(=O)[nH]c3cc(C(=O)N4CCCCC4)c(OC)cc3n12. The molecule has 1 aromatic carbocycles. The molecule has 1 aliphatic rings. The van der Waals surface area contributed by atoms with E-state index in [1.165, 1.54) is 0 Å². The zero-order chi connectivity index (χ0) is 20.5. The van der Waals surface area contributed by atoms with Crippen LogP contribution < -0.4 is 10.3 Å². The molecule has 0 bridgehead atoms. The van der Waals surface area contributed by atoms with Crippen LogP contribution in [-0.2, 0) is 0 Å². The second kappa shape index (κ2) is 7.89. The maximum atomic E-state index is 13.1. The maximum Gasteiger partial charge on any atom is 0.274 e. The minimum Gasteiger partial charge on any atom is -0.496 e. The van der Waals surface area contributed by atoms with Crippen molar-refractivity contribution in [1.82, 2.24) is 19.3 Å². The molecule has 1 saturated heterocycles. The quantitative estimate of drug-likeness (QED) is 0.713. The summed E-state index contributed by atoms with van der Waals surface area (Å²) in [6.07, 6.45) is 6.70. The van der Waals surface area contributed by atoms with Gasteiger partial charge in [0.05, 0.1) is 29.9 Å². The van der Waals surface area contributed by atoms with Crippen LogP contribution in [0.15, 0.2) is 23.1 Å². The third-order valence-corrected chi connectivity index (χ3v) is 6.05. The number of nitrogens with one attached hydrogen (secondary N) is 1. The molecule has 1 N–H and O–H groups in total. The molecule has 0 radical (unpaired) electrons. The molecule has 3 heterocycles. The van der Waals surface area contributed by atoms with Crippen LogP contribution in [0.1, 0.15) is 68.1 Å². The van der Waals surface area contributed by atoms with Gasteiger partial charge in [-0.15, -0.1) is 0 Å². The first-order valence-corrected chi connectivity index (χ1v) is 10.5. The number of ether oxygens (including phenoxy) is 1. The molecule has 154 valence electrons. The topological polar surface area (TPSA) is 79.7 Å². The number of nitrogens with zero attached hydrogens (tertiary/aromatic N) is 3. The van der Waals surface area contributed by atoms with Gasteiger partial charge in [0.2, 0.25) is 0 Å². The van der Waals surface area contributed by atoms with E-state index in [2.05, 4.69) is 23.8 Å². The lowest BCUT2D eigenvalue weighted by molar-refractivity contribution is 0.0721. The van der Waals surface area contributed by atoms with E-state index in [1.807, 2.05) is 15.4 Å². The number of aromatic amines is 1. The van der Waals surface area contributed by atoms with Crippen molar-refractivity contribution >= 4 is 22.5 Å². The van der Waals surface area contributed by atoms with Crippen LogP contribution in [0.2, 0.25) is 0 Å². The molecule has 0 aliphatic carbocycles. The highest BCUT2D eigenvalue weighted by molar-refractivity contribution is 6.00. The van der Waals surface area contributed by atoms with Crippen LogP contribution in [0.25, 0.3) is 16.6 Å². The van der Waals surface area contributed by atoms with E-state index >= 15 is 0 Å². The Kier molecular flexibility index (Phi) is 5.30. The second-order valence-electron chi connectivity index (χ2n) is 7.73. The highest BCUT2D eigenvalue weighted by Crippen LogP contribution is 2.30. The van der Waals surface area contributed by atoms with Gasteiger partial charge in [-0.05, 0) is 38.2 Å². The Labute approximate surface area is 169 Å². The summed E-state index contributed by atoms with van der Waals surface area (Å²) in [6.45, 7) is 5.77. The Morgan fingerprint density at radius 2 is 1.90 bits per heavy atom. The number of imidazole rings is 1. The van der Waals surface area contributed by atoms with Crippen molar-refractivity contribution in [2.45, 2.75) is 51.9 Å². The van der Waals surface area contributed by atoms with E-state index in [-0.39, 0.29) is 17.4 Å². The molecule has 1 aliphatic heterocycles. The standard InChI is InChI=1S/C22H28N4O3/c1-4-14(5-2)20-23-13-18-21(27)24-16-11-15(19(29-3)12-17(16)26(18)20)22(28)25-9-7-6-8-10-25/h11-14H,4-10H2,1-3H3,(H,24,27). The van der Waals surface area contributed by atoms with Crippen molar-refractivity contribution in [2.24, 2.45) is 0 Å². The minimum atomic E-state index is -0.205. The molecule has 3 aromatic rings. The fourth-order valence-electron chi connectivity index (χ4n) is 4.37. The summed E-state index contributed by atoms with van der Waals surface area (Å²) in [5.74, 6) is 1.60. The zero-order valence-corrected chi connectivity index (χ0v) is 17.3. The number of H-pyrrole nitrogens is 1. The van der Waals surface area contributed by atoms with Crippen molar-refractivity contribution in [3.05, 3.63) is 40.1 Å². The highest BCUT2D eigenvalue weighted by atomic mass is 16.5. The van der Waals surface area contributed by atoms with Gasteiger partial charge in [0.25, 0.3) is 11.5 Å². The first-order valence-electron chi connectivity index (χ1n) is 10.5. The van der Waals surface area contributed by atoms with Gasteiger partial charge in [-0.2, -0.15) is 0 Å². The number of amides is 1. The van der Waals surface area contributed by atoms with Gasteiger partial charge in [-0.1, -0.05) is 13.8 Å². The summed E-state index contributed by atoms with van der Waals surface area (Å²) in [7, 11) is 1.58. The van der Waals surface area contributed by atoms with E-state index in [1.54, 1.807) is 19.4 Å². The number of benzene rings is 1. The van der Waals surface area contributed by atoms with Gasteiger partial charge in [-0.25, -0.2) is 4.98 Å². The zero-order valence-electron chi connectivity index (χ0n) is 17.3. The Hall–Kier alpha value is -2.83. The molecule has 0 atom stereocenters. The van der Waals surface area contributed by atoms with Crippen LogP contribution in [0.3, 0.4) is 0 Å². The number of carbonyl (C=O) groups is 1. The monoisotopic (exact) mass is 396 g/mol. The molecule has 0 saturated carbocycles. The van der Waals surface area contributed by atoms with E-state index in [9.17, 15) is 9.59 Å². The van der Waals surface area contributed by atoms with E-state index in [0.29, 0.717) is 22.3 Å². The maximum absolute atomic E-state index is 13.1. The molecule has 29 heavy (non-hydrogen) atoms. The summed E-state index contributed by atoms with van der Waals surface area (Å²) in [4.78, 5) is 35.2. The number of hydrogen-bond acceptors (Lipinski definition) is 4. The summed E-state index contributed by atoms with van der Waals surface area (Å²) in [6, 6.07) is 3.60. The molecule has 0 unspecified atom stereocenters. The van der Waals surface area contributed by atoms with Gasteiger partial charge in [0, 0.05) is 25.1 Å². The molecule has 7 nitrogen and oxygen atoms in total. The average molecular weight is 396 g/mol. The molecular weight excluding hydrogens is 368 g/mol. The largest absolute Gasteiger partial charge is 0.496 e. The first kappa shape index (κ1) is 19.5. The molecule has 7 heteroatoms. The van der Waals surface area contributed by atoms with Crippen molar-refractivity contribution in [1.29, 1.82) is 0 Å². The molecular formula is C22H28N4O3. The number of aromatic nitrogens is 3. The number of hydrogen-bond donors (Lipinski definition) is 1. The fraction of sp³-hybridized carbons (Fsp3) is 0.500. The summed E-state index contributed by atoms with van der Waals surface area (Å²) >= 11 is 0. The normalized spacial score (nSPS) is 14.8. The number of piperidine rings is 1. The Morgan fingerprint density at radius 1 is 1.17 bits per heavy atom. The van der Waals surface area contributed by atoms with E-state index in [0.717, 1.165) is 56.5 Å². The number of likely N-dealkylation sites (tertiary alicyclic amines) is 1. The van der Waals surface area contributed by atoms with Gasteiger partial charge in [-0.3, -0.25) is 14.0 Å². The Morgan fingerprint density at radius 3 is 2.55 bits per heavy atom. The van der Waals surface area contributed by atoms with Crippen molar-refractivity contribution in [3.8, 4) is 5.75 Å². The number of fused-ring (bicyclic) bond motifs is 3. The first-order chi connectivity index (χ1) is 14.1. The molecule has 1 amide bonds. The van der Waals surface area contributed by atoms with Crippen LogP contribution in [0.5, 0.6) is 5.75 Å². The van der Waals surface area contributed by atoms with Crippen LogP contribution >= 0.6 is 0 Å². The van der Waals surface area contributed by atoms with Crippen LogP contribution in [0, 0.1) is 0 Å². The third kappa shape index (κ3) is 3.28. The van der Waals surface area contributed by atoms with Gasteiger partial charge in [0.15, 0.2) is 0 Å². The van der Waals surface area contributed by atoms with Gasteiger partial charge in [0.1, 0.15) is 17.1 Å². The van der Waals surface area contributed by atoms with Crippen molar-refractivity contribution < 1.29 is 9.53 Å². The van der Waals surface area contributed by atoms with E-state index < -0.39 is 0 Å². The number of rotatable bonds is 5. The lowest BCUT2D eigenvalue weighted by Gasteiger charge is -2.27. The Bertz CT molecular complexity index is 1100. The summed E-state index contributed by atoms with van der Waals surface area (Å²) in [5.41, 5.74) is 2.21. The lowest BCUT2D eigenvalue weighted by atomic mass is 10.0. The highest BCUT2D eigenvalue weighted by Gasteiger charge is 2.24. The molecule has 1 fully saturated rings. The molecule has 0 spiro atoms. The van der Waals surface area contributed by atoms with E-state index in [4.69, 9.17) is 4.74 Å².